The Kier molecular flexibility index (Phi) is 4.71. The monoisotopic (exact) mass is 287 g/mol. The van der Waals surface area contributed by atoms with Gasteiger partial charge in [-0.25, -0.2) is 9.78 Å². The summed E-state index contributed by atoms with van der Waals surface area (Å²) < 4.78 is 0. The van der Waals surface area contributed by atoms with Gasteiger partial charge < -0.3 is 15.4 Å². The third-order valence-corrected chi connectivity index (χ3v) is 3.19. The van der Waals surface area contributed by atoms with Gasteiger partial charge in [0.25, 0.3) is 0 Å². The van der Waals surface area contributed by atoms with Gasteiger partial charge in [-0.3, -0.25) is 4.79 Å². The molecule has 110 valence electrons. The lowest BCUT2D eigenvalue weighted by molar-refractivity contribution is -0.142. The molecule has 1 amide bonds. The summed E-state index contributed by atoms with van der Waals surface area (Å²) >= 11 is 0. The molecule has 0 radical (unpaired) electrons. The molecule has 0 fully saturated rings. The lowest BCUT2D eigenvalue weighted by Gasteiger charge is -2.17. The summed E-state index contributed by atoms with van der Waals surface area (Å²) in [7, 11) is 0. The summed E-state index contributed by atoms with van der Waals surface area (Å²) in [6.07, 6.45) is 3.67. The Morgan fingerprint density at radius 3 is 2.62 bits per heavy atom. The fourth-order valence-electron chi connectivity index (χ4n) is 2.04. The molecule has 1 heterocycles. The Bertz CT molecular complexity index is 596. The molecule has 0 aliphatic carbocycles. The first kappa shape index (κ1) is 14.8. The van der Waals surface area contributed by atoms with Crippen LogP contribution in [0.2, 0.25) is 0 Å². The van der Waals surface area contributed by atoms with Gasteiger partial charge in [0.2, 0.25) is 5.91 Å². The van der Waals surface area contributed by atoms with Gasteiger partial charge >= 0.3 is 5.97 Å². The van der Waals surface area contributed by atoms with Gasteiger partial charge in [0.05, 0.1) is 6.33 Å². The van der Waals surface area contributed by atoms with Crippen LogP contribution in [0.1, 0.15) is 24.2 Å². The van der Waals surface area contributed by atoms with Crippen molar-refractivity contribution in [2.75, 3.05) is 0 Å². The Morgan fingerprint density at radius 1 is 1.33 bits per heavy atom. The molecule has 1 aromatic carbocycles. The maximum absolute atomic E-state index is 12.1. The molecule has 0 aliphatic heterocycles. The SMILES string of the molecule is C[C@H](Cc1cnc[nH]1)C(=O)N[C@H](C(=O)O)c1ccccc1. The van der Waals surface area contributed by atoms with E-state index in [1.54, 1.807) is 49.8 Å². The van der Waals surface area contributed by atoms with Crippen molar-refractivity contribution in [3.63, 3.8) is 0 Å². The zero-order chi connectivity index (χ0) is 15.2. The van der Waals surface area contributed by atoms with Crippen LogP contribution in [0.25, 0.3) is 0 Å². The first-order valence-electron chi connectivity index (χ1n) is 6.63. The van der Waals surface area contributed by atoms with Gasteiger partial charge in [-0.05, 0) is 5.56 Å². The van der Waals surface area contributed by atoms with Gasteiger partial charge in [-0.15, -0.1) is 0 Å². The minimum atomic E-state index is -1.08. The van der Waals surface area contributed by atoms with E-state index in [0.717, 1.165) is 5.69 Å². The average Bonchev–Trinajstić information content (AvgIpc) is 2.98. The number of rotatable bonds is 6. The fourth-order valence-corrected chi connectivity index (χ4v) is 2.04. The first-order chi connectivity index (χ1) is 10.1. The van der Waals surface area contributed by atoms with E-state index in [9.17, 15) is 14.7 Å². The molecule has 0 saturated carbocycles. The van der Waals surface area contributed by atoms with Crippen molar-refractivity contribution in [3.05, 3.63) is 54.1 Å². The summed E-state index contributed by atoms with van der Waals surface area (Å²) in [6.45, 7) is 1.75. The van der Waals surface area contributed by atoms with E-state index in [4.69, 9.17) is 0 Å². The van der Waals surface area contributed by atoms with E-state index in [1.807, 2.05) is 0 Å². The van der Waals surface area contributed by atoms with E-state index in [-0.39, 0.29) is 11.8 Å². The number of carboxylic acids is 1. The number of amides is 1. The second kappa shape index (κ2) is 6.69. The molecule has 0 saturated heterocycles. The van der Waals surface area contributed by atoms with E-state index in [2.05, 4.69) is 15.3 Å². The highest BCUT2D eigenvalue weighted by molar-refractivity contribution is 5.85. The Balaban J connectivity index is 2.03. The van der Waals surface area contributed by atoms with Crippen LogP contribution in [0.15, 0.2) is 42.9 Å². The molecular weight excluding hydrogens is 270 g/mol. The standard InChI is InChI=1S/C15H17N3O3/c1-10(7-12-8-16-9-17-12)14(19)18-13(15(20)21)11-5-3-2-4-6-11/h2-6,8-10,13H,7H2,1H3,(H,16,17)(H,18,19)(H,20,21)/t10-,13+/m1/s1. The number of aliphatic carboxylic acids is 1. The van der Waals surface area contributed by atoms with E-state index in [0.29, 0.717) is 12.0 Å². The third kappa shape index (κ3) is 3.92. The number of carbonyl (C=O) groups excluding carboxylic acids is 1. The highest BCUT2D eigenvalue weighted by Crippen LogP contribution is 2.14. The van der Waals surface area contributed by atoms with Crippen molar-refractivity contribution in [3.8, 4) is 0 Å². The van der Waals surface area contributed by atoms with Gasteiger partial charge in [0, 0.05) is 24.2 Å². The summed E-state index contributed by atoms with van der Waals surface area (Å²) in [5.74, 6) is -1.74. The van der Waals surface area contributed by atoms with Crippen molar-refractivity contribution < 1.29 is 14.7 Å². The maximum atomic E-state index is 12.1. The smallest absolute Gasteiger partial charge is 0.330 e. The molecule has 1 aromatic heterocycles. The van der Waals surface area contributed by atoms with Crippen molar-refractivity contribution >= 4 is 11.9 Å². The molecule has 2 aromatic rings. The van der Waals surface area contributed by atoms with Crippen LogP contribution in [0, 0.1) is 5.92 Å². The summed E-state index contributed by atoms with van der Waals surface area (Å²) in [6, 6.07) is 7.60. The zero-order valence-electron chi connectivity index (χ0n) is 11.6. The quantitative estimate of drug-likeness (QED) is 0.751. The van der Waals surface area contributed by atoms with Crippen LogP contribution in [0.5, 0.6) is 0 Å². The molecule has 3 N–H and O–H groups in total. The number of carbonyl (C=O) groups is 2. The van der Waals surface area contributed by atoms with E-state index < -0.39 is 12.0 Å². The third-order valence-electron chi connectivity index (χ3n) is 3.19. The van der Waals surface area contributed by atoms with Crippen LogP contribution >= 0.6 is 0 Å². The fraction of sp³-hybridized carbons (Fsp3) is 0.267. The minimum absolute atomic E-state index is 0.305. The number of nitrogens with zero attached hydrogens (tertiary/aromatic N) is 1. The average molecular weight is 287 g/mol. The number of carboxylic acid groups (broad SMARTS) is 1. The Morgan fingerprint density at radius 2 is 2.05 bits per heavy atom. The molecular formula is C15H17N3O3. The van der Waals surface area contributed by atoms with Crippen LogP contribution < -0.4 is 5.32 Å². The van der Waals surface area contributed by atoms with E-state index >= 15 is 0 Å². The number of aromatic nitrogens is 2. The molecule has 2 rings (SSSR count). The molecule has 2 atom stereocenters. The van der Waals surface area contributed by atoms with Crippen LogP contribution in [0.3, 0.4) is 0 Å². The number of nitrogens with one attached hydrogen (secondary N) is 2. The minimum Gasteiger partial charge on any atom is -0.479 e. The molecule has 0 spiro atoms. The van der Waals surface area contributed by atoms with Crippen LogP contribution in [-0.4, -0.2) is 27.0 Å². The van der Waals surface area contributed by atoms with Crippen molar-refractivity contribution in [1.29, 1.82) is 0 Å². The molecule has 0 aliphatic rings. The number of hydrogen-bond donors (Lipinski definition) is 3. The summed E-state index contributed by atoms with van der Waals surface area (Å²) in [5.41, 5.74) is 1.39. The molecule has 0 unspecified atom stereocenters. The summed E-state index contributed by atoms with van der Waals surface area (Å²) in [4.78, 5) is 30.3. The van der Waals surface area contributed by atoms with Gasteiger partial charge in [0.1, 0.15) is 0 Å². The largest absolute Gasteiger partial charge is 0.479 e. The predicted molar refractivity (Wildman–Crippen MR) is 76.4 cm³/mol. The molecule has 21 heavy (non-hydrogen) atoms. The number of aromatic amines is 1. The van der Waals surface area contributed by atoms with Crippen LogP contribution in [0.4, 0.5) is 0 Å². The van der Waals surface area contributed by atoms with Gasteiger partial charge in [-0.2, -0.15) is 0 Å². The van der Waals surface area contributed by atoms with Crippen molar-refractivity contribution in [2.45, 2.75) is 19.4 Å². The topological polar surface area (TPSA) is 95.1 Å². The van der Waals surface area contributed by atoms with Crippen molar-refractivity contribution in [2.24, 2.45) is 5.92 Å². The van der Waals surface area contributed by atoms with E-state index in [1.165, 1.54) is 0 Å². The molecule has 6 heteroatoms. The highest BCUT2D eigenvalue weighted by atomic mass is 16.4. The summed E-state index contributed by atoms with van der Waals surface area (Å²) in [5, 5.41) is 11.9. The second-order valence-electron chi connectivity index (χ2n) is 4.87. The van der Waals surface area contributed by atoms with Gasteiger partial charge in [0.15, 0.2) is 6.04 Å². The number of hydrogen-bond acceptors (Lipinski definition) is 3. The van der Waals surface area contributed by atoms with Crippen molar-refractivity contribution in [1.82, 2.24) is 15.3 Å². The molecule has 6 nitrogen and oxygen atoms in total. The molecule has 0 bridgehead atoms. The van der Waals surface area contributed by atoms with Crippen LogP contribution in [-0.2, 0) is 16.0 Å². The number of H-pyrrole nitrogens is 1. The highest BCUT2D eigenvalue weighted by Gasteiger charge is 2.24. The Hall–Kier alpha value is -2.63. The zero-order valence-corrected chi connectivity index (χ0v) is 11.6. The number of imidazole rings is 1. The lowest BCUT2D eigenvalue weighted by atomic mass is 10.0. The predicted octanol–water partition coefficient (Wildman–Crippen LogP) is 1.53. The first-order valence-corrected chi connectivity index (χ1v) is 6.63. The van der Waals surface area contributed by atoms with Gasteiger partial charge in [-0.1, -0.05) is 37.3 Å². The normalized spacial score (nSPS) is 13.4. The second-order valence-corrected chi connectivity index (χ2v) is 4.87. The number of benzene rings is 1. The lowest BCUT2D eigenvalue weighted by Crippen LogP contribution is -2.37. The maximum Gasteiger partial charge on any atom is 0.330 e. The Labute approximate surface area is 122 Å².